The molecular formula is C15H15BrN2OS. The van der Waals surface area contributed by atoms with E-state index in [-0.39, 0.29) is 0 Å². The molecule has 0 spiro atoms. The number of benzene rings is 1. The van der Waals surface area contributed by atoms with Gasteiger partial charge in [0.25, 0.3) is 0 Å². The van der Waals surface area contributed by atoms with E-state index in [0.29, 0.717) is 5.92 Å². The summed E-state index contributed by atoms with van der Waals surface area (Å²) in [5.74, 6) is 1.24. The normalized spacial score (nSPS) is 12.9. The Balaban J connectivity index is 1.94. The zero-order valence-electron chi connectivity index (χ0n) is 11.3. The number of rotatable bonds is 4. The highest BCUT2D eigenvalue weighted by Crippen LogP contribution is 2.31. The van der Waals surface area contributed by atoms with Crippen molar-refractivity contribution >= 4 is 38.2 Å². The lowest BCUT2D eigenvalue weighted by atomic mass is 10.2. The van der Waals surface area contributed by atoms with Gasteiger partial charge in [-0.3, -0.25) is 0 Å². The lowest BCUT2D eigenvalue weighted by molar-refractivity contribution is 0.627. The fourth-order valence-corrected chi connectivity index (χ4v) is 3.41. The molecule has 0 aliphatic rings. The molecule has 0 bridgehead atoms. The molecule has 104 valence electrons. The first-order valence-corrected chi connectivity index (χ1v) is 8.14. The van der Waals surface area contributed by atoms with E-state index in [1.807, 2.05) is 25.2 Å². The number of nitrogens with zero attached hydrogens (tertiary/aromatic N) is 1. The van der Waals surface area contributed by atoms with Gasteiger partial charge in [0.2, 0.25) is 0 Å². The van der Waals surface area contributed by atoms with Crippen LogP contribution in [0.2, 0.25) is 0 Å². The minimum absolute atomic E-state index is 0.414. The predicted molar refractivity (Wildman–Crippen MR) is 87.4 cm³/mol. The molecule has 2 aromatic heterocycles. The van der Waals surface area contributed by atoms with Gasteiger partial charge < -0.3 is 9.73 Å². The van der Waals surface area contributed by atoms with Gasteiger partial charge in [-0.1, -0.05) is 22.9 Å². The Morgan fingerprint density at radius 1 is 1.40 bits per heavy atom. The standard InChI is InChI=1S/C15H15BrN2OS/c1-9(7-17-2)15-18-12(8-20-15)14-6-10-5-11(16)3-4-13(10)19-14/h3-6,8-9,17H,7H2,1-2H3. The van der Waals surface area contributed by atoms with Gasteiger partial charge in [-0.15, -0.1) is 11.3 Å². The number of nitrogens with one attached hydrogen (secondary N) is 1. The summed E-state index contributed by atoms with van der Waals surface area (Å²) in [5.41, 5.74) is 1.81. The van der Waals surface area contributed by atoms with Crippen LogP contribution in [0, 0.1) is 0 Å². The summed E-state index contributed by atoms with van der Waals surface area (Å²) in [4.78, 5) is 4.69. The van der Waals surface area contributed by atoms with Crippen molar-refractivity contribution in [2.75, 3.05) is 13.6 Å². The van der Waals surface area contributed by atoms with Crippen LogP contribution in [-0.2, 0) is 0 Å². The number of aromatic nitrogens is 1. The van der Waals surface area contributed by atoms with Crippen LogP contribution in [-0.4, -0.2) is 18.6 Å². The van der Waals surface area contributed by atoms with Gasteiger partial charge in [-0.25, -0.2) is 4.98 Å². The van der Waals surface area contributed by atoms with Gasteiger partial charge in [0, 0.05) is 27.7 Å². The molecule has 2 heterocycles. The Hall–Kier alpha value is -1.17. The predicted octanol–water partition coefficient (Wildman–Crippen LogP) is 4.64. The minimum Gasteiger partial charge on any atom is -0.454 e. The van der Waals surface area contributed by atoms with E-state index in [4.69, 9.17) is 4.42 Å². The van der Waals surface area contributed by atoms with Crippen LogP contribution in [0.3, 0.4) is 0 Å². The molecule has 0 radical (unpaired) electrons. The third kappa shape index (κ3) is 2.66. The maximum atomic E-state index is 5.87. The number of likely N-dealkylation sites (N-methyl/N-ethyl adjacent to an activating group) is 1. The van der Waals surface area contributed by atoms with Crippen molar-refractivity contribution in [2.45, 2.75) is 12.8 Å². The minimum atomic E-state index is 0.414. The molecule has 1 unspecified atom stereocenters. The van der Waals surface area contributed by atoms with Gasteiger partial charge in [0.15, 0.2) is 5.76 Å². The first-order chi connectivity index (χ1) is 9.67. The Bertz CT molecular complexity index is 734. The van der Waals surface area contributed by atoms with Crippen molar-refractivity contribution in [3.63, 3.8) is 0 Å². The molecule has 0 fully saturated rings. The first-order valence-electron chi connectivity index (χ1n) is 6.47. The number of halogens is 1. The zero-order chi connectivity index (χ0) is 14.1. The number of furan rings is 1. The first kappa shape index (κ1) is 13.8. The number of hydrogen-bond donors (Lipinski definition) is 1. The Morgan fingerprint density at radius 3 is 3.05 bits per heavy atom. The van der Waals surface area contributed by atoms with Crippen LogP contribution >= 0.6 is 27.3 Å². The summed E-state index contributed by atoms with van der Waals surface area (Å²) in [7, 11) is 1.96. The van der Waals surface area contributed by atoms with E-state index in [2.05, 4.69) is 44.6 Å². The highest BCUT2D eigenvalue weighted by atomic mass is 79.9. The largest absolute Gasteiger partial charge is 0.454 e. The van der Waals surface area contributed by atoms with Crippen molar-refractivity contribution in [3.05, 3.63) is 39.1 Å². The Morgan fingerprint density at radius 2 is 2.25 bits per heavy atom. The molecule has 1 N–H and O–H groups in total. The SMILES string of the molecule is CNCC(C)c1nc(-c2cc3cc(Br)ccc3o2)cs1. The number of fused-ring (bicyclic) bond motifs is 1. The average molecular weight is 351 g/mol. The quantitative estimate of drug-likeness (QED) is 0.744. The van der Waals surface area contributed by atoms with Crippen LogP contribution in [0.15, 0.2) is 38.5 Å². The van der Waals surface area contributed by atoms with E-state index in [0.717, 1.165) is 38.4 Å². The topological polar surface area (TPSA) is 38.1 Å². The monoisotopic (exact) mass is 350 g/mol. The molecule has 5 heteroatoms. The molecule has 0 amide bonds. The van der Waals surface area contributed by atoms with Crippen LogP contribution in [0.5, 0.6) is 0 Å². The second-order valence-electron chi connectivity index (χ2n) is 4.82. The van der Waals surface area contributed by atoms with Gasteiger partial charge in [0.05, 0.1) is 5.01 Å². The Kier molecular flexibility index (Phi) is 3.92. The van der Waals surface area contributed by atoms with Crippen LogP contribution in [0.4, 0.5) is 0 Å². The van der Waals surface area contributed by atoms with Gasteiger partial charge >= 0.3 is 0 Å². The highest BCUT2D eigenvalue weighted by molar-refractivity contribution is 9.10. The molecule has 3 rings (SSSR count). The summed E-state index contributed by atoms with van der Waals surface area (Å²) in [6, 6.07) is 8.05. The maximum absolute atomic E-state index is 5.87. The van der Waals surface area contributed by atoms with Crippen molar-refractivity contribution in [2.24, 2.45) is 0 Å². The number of hydrogen-bond acceptors (Lipinski definition) is 4. The highest BCUT2D eigenvalue weighted by Gasteiger charge is 2.13. The maximum Gasteiger partial charge on any atom is 0.154 e. The second kappa shape index (κ2) is 5.68. The molecule has 0 saturated heterocycles. The van der Waals surface area contributed by atoms with Crippen molar-refractivity contribution in [3.8, 4) is 11.5 Å². The molecule has 0 saturated carbocycles. The fourth-order valence-electron chi connectivity index (χ4n) is 2.16. The molecule has 1 aromatic carbocycles. The molecule has 0 aliphatic carbocycles. The summed E-state index contributed by atoms with van der Waals surface area (Å²) < 4.78 is 6.92. The van der Waals surface area contributed by atoms with Crippen LogP contribution < -0.4 is 5.32 Å². The fraction of sp³-hybridized carbons (Fsp3) is 0.267. The van der Waals surface area contributed by atoms with E-state index in [1.165, 1.54) is 0 Å². The summed E-state index contributed by atoms with van der Waals surface area (Å²) in [6.45, 7) is 3.11. The van der Waals surface area contributed by atoms with Crippen molar-refractivity contribution < 1.29 is 4.42 Å². The molecule has 0 aliphatic heterocycles. The zero-order valence-corrected chi connectivity index (χ0v) is 13.7. The Labute approximate surface area is 130 Å². The van der Waals surface area contributed by atoms with E-state index in [1.54, 1.807) is 11.3 Å². The summed E-state index contributed by atoms with van der Waals surface area (Å²) >= 11 is 5.16. The lowest BCUT2D eigenvalue weighted by Crippen LogP contribution is -2.14. The second-order valence-corrected chi connectivity index (χ2v) is 6.63. The third-order valence-electron chi connectivity index (χ3n) is 3.18. The summed E-state index contributed by atoms with van der Waals surface area (Å²) in [5, 5.41) is 7.47. The van der Waals surface area contributed by atoms with E-state index in [9.17, 15) is 0 Å². The average Bonchev–Trinajstić information content (AvgIpc) is 3.04. The number of thiazole rings is 1. The molecular weight excluding hydrogens is 336 g/mol. The lowest BCUT2D eigenvalue weighted by Gasteiger charge is -2.05. The molecule has 20 heavy (non-hydrogen) atoms. The van der Waals surface area contributed by atoms with Crippen molar-refractivity contribution in [1.29, 1.82) is 0 Å². The molecule has 3 aromatic rings. The van der Waals surface area contributed by atoms with E-state index < -0.39 is 0 Å². The van der Waals surface area contributed by atoms with Gasteiger partial charge in [-0.2, -0.15) is 0 Å². The van der Waals surface area contributed by atoms with Crippen LogP contribution in [0.1, 0.15) is 17.8 Å². The molecule has 1 atom stereocenters. The summed E-state index contributed by atoms with van der Waals surface area (Å²) in [6.07, 6.45) is 0. The van der Waals surface area contributed by atoms with Gasteiger partial charge in [-0.05, 0) is 31.3 Å². The molecule has 3 nitrogen and oxygen atoms in total. The third-order valence-corrected chi connectivity index (χ3v) is 4.75. The van der Waals surface area contributed by atoms with E-state index >= 15 is 0 Å². The van der Waals surface area contributed by atoms with Gasteiger partial charge in [0.1, 0.15) is 11.3 Å². The van der Waals surface area contributed by atoms with Crippen molar-refractivity contribution in [1.82, 2.24) is 10.3 Å². The van der Waals surface area contributed by atoms with Crippen LogP contribution in [0.25, 0.3) is 22.4 Å². The smallest absolute Gasteiger partial charge is 0.154 e.